The predicted octanol–water partition coefficient (Wildman–Crippen LogP) is 3.68. The van der Waals surface area contributed by atoms with Crippen LogP contribution in [0.25, 0.3) is 54.2 Å². The number of H-pyrrole nitrogens is 1. The normalized spacial score (nSPS) is 21.6. The summed E-state index contributed by atoms with van der Waals surface area (Å²) in [5.41, 5.74) is -2.09. The van der Waals surface area contributed by atoms with Gasteiger partial charge in [0.1, 0.15) is 6.10 Å². The number of aromatic nitrogens is 2. The van der Waals surface area contributed by atoms with Gasteiger partial charge in [-0.15, -0.1) is 6.42 Å². The Morgan fingerprint density at radius 2 is 1.55 bits per heavy atom. The number of aliphatic hydroxyl groups excluding tert-OH is 2. The summed E-state index contributed by atoms with van der Waals surface area (Å²) in [5, 5.41) is 28.6. The maximum Gasteiger partial charge on any atom is 0.331 e. The number of hydrogen-bond donors (Lipinski definition) is 3. The summed E-state index contributed by atoms with van der Waals surface area (Å²) in [6.45, 7) is -0.460. The van der Waals surface area contributed by atoms with Gasteiger partial charge in [0.2, 0.25) is 5.72 Å². The second-order valence-electron chi connectivity index (χ2n) is 9.81. The molecule has 5 aromatic carbocycles. The minimum absolute atomic E-state index is 0.106. The molecule has 6 aromatic rings. The number of fused-ring (bicyclic) bond motifs is 2. The number of aromatic amines is 1. The summed E-state index contributed by atoms with van der Waals surface area (Å²) in [5.74, 6) is 2.47. The lowest BCUT2D eigenvalue weighted by molar-refractivity contribution is -0.0835. The molecule has 0 spiro atoms. The summed E-state index contributed by atoms with van der Waals surface area (Å²) in [6, 6.07) is 22.4. The molecule has 186 valence electrons. The van der Waals surface area contributed by atoms with E-state index in [4.69, 9.17) is 11.2 Å². The minimum atomic E-state index is -1.65. The molecular weight excluding hydrogens is 480 g/mol. The summed E-state index contributed by atoms with van der Waals surface area (Å²) >= 11 is 0. The van der Waals surface area contributed by atoms with Gasteiger partial charge in [-0.1, -0.05) is 66.7 Å². The molecule has 7 rings (SSSR count). The molecule has 1 aliphatic heterocycles. The molecule has 2 heterocycles. The molecule has 38 heavy (non-hydrogen) atoms. The molecule has 3 atom stereocenters. The van der Waals surface area contributed by atoms with Crippen LogP contribution in [-0.2, 0) is 10.5 Å². The van der Waals surface area contributed by atoms with Crippen LogP contribution in [0.4, 0.5) is 0 Å². The molecule has 0 aliphatic carbocycles. The lowest BCUT2D eigenvalue weighted by Gasteiger charge is -2.26. The quantitative estimate of drug-likeness (QED) is 0.195. The van der Waals surface area contributed by atoms with E-state index in [1.54, 1.807) is 0 Å². The van der Waals surface area contributed by atoms with E-state index in [2.05, 4.69) is 41.2 Å². The standard InChI is InChI=1S/C31H22N2O5/c1-2-31(14-25(35)26(16-34)38-31)33-15-24(29(36)32-30(33)37)18-12-13-23-21-9-4-7-17-6-3-8-20(27(17)21)22-11-5-10-19(18)28(22)23/h1,3-13,15,25-26,34-35H,14,16H2,(H,32,36,37)/t25-,26+,31+/m0/s1. The van der Waals surface area contributed by atoms with Crippen LogP contribution in [-0.4, -0.2) is 38.6 Å². The van der Waals surface area contributed by atoms with Crippen molar-refractivity contribution in [2.24, 2.45) is 0 Å². The molecule has 0 bridgehead atoms. The van der Waals surface area contributed by atoms with Gasteiger partial charge in [-0.05, 0) is 54.6 Å². The smallest absolute Gasteiger partial charge is 0.331 e. The Labute approximate surface area is 215 Å². The molecule has 7 heteroatoms. The van der Waals surface area contributed by atoms with Gasteiger partial charge < -0.3 is 14.9 Å². The molecule has 0 radical (unpaired) electrons. The first-order valence-electron chi connectivity index (χ1n) is 12.4. The average Bonchev–Trinajstić information content (AvgIpc) is 3.28. The molecule has 0 amide bonds. The maximum atomic E-state index is 13.2. The zero-order valence-electron chi connectivity index (χ0n) is 20.1. The van der Waals surface area contributed by atoms with Crippen molar-refractivity contribution in [2.45, 2.75) is 24.4 Å². The van der Waals surface area contributed by atoms with E-state index in [1.165, 1.54) is 11.6 Å². The van der Waals surface area contributed by atoms with Crippen LogP contribution >= 0.6 is 0 Å². The van der Waals surface area contributed by atoms with Crippen LogP contribution < -0.4 is 11.2 Å². The SMILES string of the molecule is C#C[C@]1(n2cc(-c3ccc4c5cccc6cccc(c7cccc3c74)c65)c(=O)[nH]c2=O)C[C@H](O)[C@@H](CO)O1. The molecule has 1 aliphatic rings. The lowest BCUT2D eigenvalue weighted by atomic mass is 9.87. The van der Waals surface area contributed by atoms with Gasteiger partial charge in [0.25, 0.3) is 5.56 Å². The number of nitrogens with one attached hydrogen (secondary N) is 1. The number of ether oxygens (including phenoxy) is 1. The Morgan fingerprint density at radius 3 is 2.21 bits per heavy atom. The summed E-state index contributed by atoms with van der Waals surface area (Å²) in [6.07, 6.45) is 5.07. The number of aliphatic hydroxyl groups is 2. The Morgan fingerprint density at radius 1 is 0.921 bits per heavy atom. The number of terminal acetylenes is 1. The van der Waals surface area contributed by atoms with E-state index in [0.717, 1.165) is 42.3 Å². The lowest BCUT2D eigenvalue weighted by Crippen LogP contribution is -2.44. The van der Waals surface area contributed by atoms with Gasteiger partial charge in [0, 0.05) is 12.6 Å². The third kappa shape index (κ3) is 2.96. The molecule has 0 saturated carbocycles. The molecule has 0 unspecified atom stereocenters. The topological polar surface area (TPSA) is 105 Å². The molecule has 7 nitrogen and oxygen atoms in total. The van der Waals surface area contributed by atoms with Crippen molar-refractivity contribution < 1.29 is 14.9 Å². The number of benzene rings is 5. The van der Waals surface area contributed by atoms with E-state index < -0.39 is 35.8 Å². The van der Waals surface area contributed by atoms with Gasteiger partial charge in [-0.2, -0.15) is 0 Å². The fraction of sp³-hybridized carbons (Fsp3) is 0.161. The van der Waals surface area contributed by atoms with E-state index in [0.29, 0.717) is 5.56 Å². The number of hydrogen-bond acceptors (Lipinski definition) is 5. The summed E-state index contributed by atoms with van der Waals surface area (Å²) in [7, 11) is 0. The largest absolute Gasteiger partial charge is 0.394 e. The monoisotopic (exact) mass is 502 g/mol. The maximum absolute atomic E-state index is 13.2. The summed E-state index contributed by atoms with van der Waals surface area (Å²) in [4.78, 5) is 28.5. The van der Waals surface area contributed by atoms with Gasteiger partial charge in [-0.3, -0.25) is 14.3 Å². The molecule has 1 saturated heterocycles. The van der Waals surface area contributed by atoms with Crippen LogP contribution in [0.3, 0.4) is 0 Å². The second kappa shape index (κ2) is 8.01. The van der Waals surface area contributed by atoms with Crippen molar-refractivity contribution in [1.29, 1.82) is 0 Å². The fourth-order valence-electron chi connectivity index (χ4n) is 6.08. The van der Waals surface area contributed by atoms with Crippen molar-refractivity contribution in [2.75, 3.05) is 6.61 Å². The first-order valence-corrected chi connectivity index (χ1v) is 12.4. The first kappa shape index (κ1) is 22.7. The average molecular weight is 503 g/mol. The van der Waals surface area contributed by atoms with Crippen molar-refractivity contribution in [1.82, 2.24) is 9.55 Å². The zero-order chi connectivity index (χ0) is 26.2. The third-order valence-electron chi connectivity index (χ3n) is 7.81. The van der Waals surface area contributed by atoms with Gasteiger partial charge in [-0.25, -0.2) is 4.79 Å². The van der Waals surface area contributed by atoms with E-state index >= 15 is 0 Å². The van der Waals surface area contributed by atoms with Crippen molar-refractivity contribution >= 4 is 43.1 Å². The Balaban J connectivity index is 1.54. The van der Waals surface area contributed by atoms with Crippen LogP contribution in [0.5, 0.6) is 0 Å². The predicted molar refractivity (Wildman–Crippen MR) is 147 cm³/mol. The molecule has 1 fully saturated rings. The first-order chi connectivity index (χ1) is 18.5. The van der Waals surface area contributed by atoms with Crippen molar-refractivity contribution in [3.8, 4) is 23.5 Å². The highest BCUT2D eigenvalue weighted by molar-refractivity contribution is 6.34. The van der Waals surface area contributed by atoms with Gasteiger partial charge >= 0.3 is 5.69 Å². The fourth-order valence-corrected chi connectivity index (χ4v) is 6.08. The van der Waals surface area contributed by atoms with Crippen molar-refractivity contribution in [3.63, 3.8) is 0 Å². The van der Waals surface area contributed by atoms with Gasteiger partial charge in [0.05, 0.1) is 18.3 Å². The molecule has 3 N–H and O–H groups in total. The van der Waals surface area contributed by atoms with Crippen LogP contribution in [0.2, 0.25) is 0 Å². The van der Waals surface area contributed by atoms with Crippen LogP contribution in [0, 0.1) is 12.3 Å². The highest BCUT2D eigenvalue weighted by atomic mass is 16.6. The van der Waals surface area contributed by atoms with Gasteiger partial charge in [0.15, 0.2) is 0 Å². The van der Waals surface area contributed by atoms with E-state index in [-0.39, 0.29) is 12.0 Å². The van der Waals surface area contributed by atoms with Crippen molar-refractivity contribution in [3.05, 3.63) is 93.8 Å². The van der Waals surface area contributed by atoms with Crippen LogP contribution in [0.15, 0.2) is 82.5 Å². The summed E-state index contributed by atoms with van der Waals surface area (Å²) < 4.78 is 6.92. The van der Waals surface area contributed by atoms with E-state index in [1.807, 2.05) is 36.4 Å². The Bertz CT molecular complexity index is 2020. The molecular formula is C31H22N2O5. The van der Waals surface area contributed by atoms with Crippen LogP contribution in [0.1, 0.15) is 6.42 Å². The minimum Gasteiger partial charge on any atom is -0.394 e. The zero-order valence-corrected chi connectivity index (χ0v) is 20.1. The Hall–Kier alpha value is -4.48. The number of rotatable bonds is 3. The highest BCUT2D eigenvalue weighted by Gasteiger charge is 2.47. The number of nitrogens with zero attached hydrogens (tertiary/aromatic N) is 1. The van der Waals surface area contributed by atoms with E-state index in [9.17, 15) is 19.8 Å². The highest BCUT2D eigenvalue weighted by Crippen LogP contribution is 2.42. The Kier molecular flexibility index (Phi) is 4.78. The third-order valence-corrected chi connectivity index (χ3v) is 7.81. The second-order valence-corrected chi connectivity index (χ2v) is 9.81. The molecule has 1 aromatic heterocycles.